The number of halogens is 2. The minimum absolute atomic E-state index is 0.202. The summed E-state index contributed by atoms with van der Waals surface area (Å²) in [6.45, 7) is 2.96. The van der Waals surface area contributed by atoms with Crippen LogP contribution < -0.4 is 24.4 Å². The molecule has 1 aromatic heterocycles. The Labute approximate surface area is 219 Å². The van der Waals surface area contributed by atoms with Gasteiger partial charge in [0.25, 0.3) is 5.56 Å². The van der Waals surface area contributed by atoms with Crippen molar-refractivity contribution in [3.8, 4) is 11.5 Å². The highest BCUT2D eigenvalue weighted by Crippen LogP contribution is 2.36. The minimum atomic E-state index is -0.857. The van der Waals surface area contributed by atoms with Crippen LogP contribution in [0.2, 0.25) is 10.0 Å². The predicted octanol–water partition coefficient (Wildman–Crippen LogP) is 3.65. The molecule has 0 amide bonds. The van der Waals surface area contributed by atoms with E-state index < -0.39 is 18.0 Å². The Balaban J connectivity index is 1.95. The molecule has 3 aromatic rings. The van der Waals surface area contributed by atoms with E-state index in [1.54, 1.807) is 49.4 Å². The van der Waals surface area contributed by atoms with E-state index in [2.05, 4.69) is 4.99 Å². The topological polar surface area (TPSA) is 96.2 Å². The van der Waals surface area contributed by atoms with Crippen molar-refractivity contribution >= 4 is 52.6 Å². The second-order valence-electron chi connectivity index (χ2n) is 7.75. The Morgan fingerprint density at radius 3 is 2.47 bits per heavy atom. The zero-order valence-electron chi connectivity index (χ0n) is 19.6. The average Bonchev–Trinajstić information content (AvgIpc) is 3.14. The van der Waals surface area contributed by atoms with Crippen LogP contribution in [-0.2, 0) is 14.3 Å². The fourth-order valence-electron chi connectivity index (χ4n) is 3.85. The molecular weight excluding hydrogens is 527 g/mol. The van der Waals surface area contributed by atoms with Crippen molar-refractivity contribution in [3.63, 3.8) is 0 Å². The number of thiazole rings is 1. The van der Waals surface area contributed by atoms with Crippen molar-refractivity contribution in [1.82, 2.24) is 4.57 Å². The fourth-order valence-corrected chi connectivity index (χ4v) is 5.21. The van der Waals surface area contributed by atoms with Crippen LogP contribution in [0.1, 0.15) is 31.0 Å². The fraction of sp³-hybridized carbons (Fsp3) is 0.200. The predicted molar refractivity (Wildman–Crippen MR) is 137 cm³/mol. The van der Waals surface area contributed by atoms with E-state index in [0.717, 1.165) is 0 Å². The number of nitrogens with zero attached hydrogens (tertiary/aromatic N) is 2. The van der Waals surface area contributed by atoms with E-state index >= 15 is 0 Å². The van der Waals surface area contributed by atoms with E-state index in [1.165, 1.54) is 37.0 Å². The van der Waals surface area contributed by atoms with Gasteiger partial charge in [0.05, 0.1) is 46.1 Å². The molecule has 0 saturated carbocycles. The van der Waals surface area contributed by atoms with Crippen LogP contribution in [0.25, 0.3) is 6.08 Å². The summed E-state index contributed by atoms with van der Waals surface area (Å²) in [5.41, 5.74) is 1.49. The van der Waals surface area contributed by atoms with Crippen LogP contribution in [0.15, 0.2) is 57.5 Å². The summed E-state index contributed by atoms with van der Waals surface area (Å²) in [7, 11) is 2.69. The number of fused-ring (bicyclic) bond motifs is 1. The molecule has 2 aromatic carbocycles. The zero-order chi connectivity index (χ0) is 26.1. The third-order valence-electron chi connectivity index (χ3n) is 5.43. The minimum Gasteiger partial charge on any atom is -0.493 e. The Bertz CT molecular complexity index is 1610. The Kier molecular flexibility index (Phi) is 7.35. The summed E-state index contributed by atoms with van der Waals surface area (Å²) < 4.78 is 17.5. The van der Waals surface area contributed by atoms with Crippen LogP contribution >= 0.6 is 34.5 Å². The van der Waals surface area contributed by atoms with Crippen LogP contribution in [0.3, 0.4) is 0 Å². The molecule has 8 nitrogen and oxygen atoms in total. The number of aromatic nitrogens is 1. The molecule has 1 atom stereocenters. The van der Waals surface area contributed by atoms with Crippen molar-refractivity contribution in [2.75, 3.05) is 14.2 Å². The van der Waals surface area contributed by atoms with Gasteiger partial charge in [-0.3, -0.25) is 14.2 Å². The molecule has 186 valence electrons. The first-order valence-electron chi connectivity index (χ1n) is 10.6. The van der Waals surface area contributed by atoms with E-state index in [-0.39, 0.29) is 22.6 Å². The lowest BCUT2D eigenvalue weighted by Gasteiger charge is -2.25. The SMILES string of the molecule is COC(=O)C1=C(C)N=c2s/c(=C/c3ccc(Cl)c(Cl)c3)c(=O)n2[C@@H]1c1ccc(OC(C)=O)c(OC)c1. The van der Waals surface area contributed by atoms with Crippen molar-refractivity contribution in [2.45, 2.75) is 19.9 Å². The van der Waals surface area contributed by atoms with Crippen molar-refractivity contribution in [1.29, 1.82) is 0 Å². The normalized spacial score (nSPS) is 15.3. The van der Waals surface area contributed by atoms with Gasteiger partial charge in [-0.1, -0.05) is 46.7 Å². The van der Waals surface area contributed by atoms with Crippen molar-refractivity contribution < 1.29 is 23.8 Å². The number of carbonyl (C=O) groups excluding carboxylic acids is 2. The number of esters is 2. The molecule has 0 unspecified atom stereocenters. The molecule has 36 heavy (non-hydrogen) atoms. The molecular formula is C25H20Cl2N2O6S. The molecule has 0 spiro atoms. The highest BCUT2D eigenvalue weighted by molar-refractivity contribution is 7.07. The quantitative estimate of drug-likeness (QED) is 0.358. The van der Waals surface area contributed by atoms with Gasteiger partial charge < -0.3 is 14.2 Å². The van der Waals surface area contributed by atoms with Gasteiger partial charge in [0.2, 0.25) is 0 Å². The van der Waals surface area contributed by atoms with E-state index in [4.69, 9.17) is 37.4 Å². The lowest BCUT2D eigenvalue weighted by atomic mass is 9.95. The maximum atomic E-state index is 13.6. The second kappa shape index (κ2) is 10.3. The molecule has 0 bridgehead atoms. The smallest absolute Gasteiger partial charge is 0.338 e. The molecule has 11 heteroatoms. The highest BCUT2D eigenvalue weighted by atomic mass is 35.5. The standard InChI is InChI=1S/C25H20Cl2N2O6S/c1-12-21(24(32)34-4)22(15-6-8-18(35-13(2)30)19(11-15)33-3)29-23(31)20(36-25(29)28-12)10-14-5-7-16(26)17(27)9-14/h5-11,22H,1-4H3/b20-10+/t22-/m1/s1. The molecule has 1 aliphatic heterocycles. The number of allylic oxidation sites excluding steroid dienone is 1. The number of rotatable bonds is 5. The molecule has 0 radical (unpaired) electrons. The largest absolute Gasteiger partial charge is 0.493 e. The van der Waals surface area contributed by atoms with Gasteiger partial charge in [0.1, 0.15) is 0 Å². The van der Waals surface area contributed by atoms with Gasteiger partial charge in [-0.2, -0.15) is 0 Å². The van der Waals surface area contributed by atoms with Gasteiger partial charge in [0, 0.05) is 6.92 Å². The van der Waals surface area contributed by atoms with Gasteiger partial charge in [-0.05, 0) is 48.4 Å². The van der Waals surface area contributed by atoms with E-state index in [0.29, 0.717) is 36.2 Å². The molecule has 2 heterocycles. The summed E-state index contributed by atoms with van der Waals surface area (Å²) in [5, 5.41) is 0.764. The van der Waals surface area contributed by atoms with Crippen molar-refractivity contribution in [2.24, 2.45) is 4.99 Å². The van der Waals surface area contributed by atoms with Crippen LogP contribution in [-0.4, -0.2) is 30.7 Å². The van der Waals surface area contributed by atoms with Gasteiger partial charge in [0.15, 0.2) is 16.3 Å². The summed E-state index contributed by atoms with van der Waals surface area (Å²) in [5.74, 6) is -0.661. The van der Waals surface area contributed by atoms with Crippen LogP contribution in [0.4, 0.5) is 0 Å². The summed E-state index contributed by atoms with van der Waals surface area (Å²) in [6.07, 6.45) is 1.69. The van der Waals surface area contributed by atoms with Gasteiger partial charge in [-0.15, -0.1) is 0 Å². The maximum absolute atomic E-state index is 13.6. The maximum Gasteiger partial charge on any atom is 0.338 e. The number of carbonyl (C=O) groups is 2. The number of hydrogen-bond acceptors (Lipinski definition) is 8. The number of methoxy groups -OCH3 is 2. The first-order chi connectivity index (χ1) is 17.1. The van der Waals surface area contributed by atoms with Crippen LogP contribution in [0, 0.1) is 0 Å². The molecule has 1 aliphatic rings. The summed E-state index contributed by atoms with van der Waals surface area (Å²) in [6, 6.07) is 9.00. The monoisotopic (exact) mass is 546 g/mol. The number of hydrogen-bond donors (Lipinski definition) is 0. The second-order valence-corrected chi connectivity index (χ2v) is 9.57. The van der Waals surface area contributed by atoms with Gasteiger partial charge >= 0.3 is 11.9 Å². The zero-order valence-corrected chi connectivity index (χ0v) is 22.0. The third kappa shape index (κ3) is 4.82. The first kappa shape index (κ1) is 25.7. The molecule has 4 rings (SSSR count). The molecule has 0 fully saturated rings. The van der Waals surface area contributed by atoms with Crippen molar-refractivity contribution in [3.05, 3.63) is 88.5 Å². The van der Waals surface area contributed by atoms with Crippen LogP contribution in [0.5, 0.6) is 11.5 Å². The Morgan fingerprint density at radius 1 is 1.08 bits per heavy atom. The lowest BCUT2D eigenvalue weighted by molar-refractivity contribution is -0.136. The Hall–Kier alpha value is -3.40. The summed E-state index contributed by atoms with van der Waals surface area (Å²) in [4.78, 5) is 42.9. The third-order valence-corrected chi connectivity index (χ3v) is 7.15. The lowest BCUT2D eigenvalue weighted by Crippen LogP contribution is -2.39. The molecule has 0 aliphatic carbocycles. The molecule has 0 N–H and O–H groups in total. The average molecular weight is 547 g/mol. The van der Waals surface area contributed by atoms with Gasteiger partial charge in [-0.25, -0.2) is 9.79 Å². The van der Waals surface area contributed by atoms with E-state index in [1.807, 2.05) is 0 Å². The first-order valence-corrected chi connectivity index (χ1v) is 12.1. The summed E-state index contributed by atoms with van der Waals surface area (Å²) >= 11 is 13.3. The highest BCUT2D eigenvalue weighted by Gasteiger charge is 2.33. The number of ether oxygens (including phenoxy) is 3. The Morgan fingerprint density at radius 2 is 1.83 bits per heavy atom. The molecule has 0 saturated heterocycles. The van der Waals surface area contributed by atoms with E-state index in [9.17, 15) is 14.4 Å². The number of benzene rings is 2.